The smallest absolute Gasteiger partial charge is 0.244 e. The SMILES string of the molecule is CC1NC2(CCCC2)C(=O)N1CC1CN(C)CCO1. The second-order valence-corrected chi connectivity index (χ2v) is 6.32. The summed E-state index contributed by atoms with van der Waals surface area (Å²) in [6.45, 7) is 5.50. The van der Waals surface area contributed by atoms with E-state index < -0.39 is 0 Å². The van der Waals surface area contributed by atoms with Crippen molar-refractivity contribution in [3.05, 3.63) is 0 Å². The Morgan fingerprint density at radius 1 is 1.42 bits per heavy atom. The number of ether oxygens (including phenoxy) is 1. The zero-order chi connectivity index (χ0) is 13.5. The number of likely N-dealkylation sites (N-methyl/N-ethyl adjacent to an activating group) is 1. The molecule has 0 radical (unpaired) electrons. The van der Waals surface area contributed by atoms with Crippen LogP contribution < -0.4 is 5.32 Å². The van der Waals surface area contributed by atoms with Gasteiger partial charge in [0.25, 0.3) is 0 Å². The standard InChI is InChI=1S/C14H25N3O2/c1-11-15-14(5-3-4-6-14)13(18)17(11)10-12-9-16(2)7-8-19-12/h11-12,15H,3-10H2,1-2H3. The molecule has 2 saturated heterocycles. The molecule has 3 aliphatic rings. The van der Waals surface area contributed by atoms with Gasteiger partial charge in [0.1, 0.15) is 0 Å². The monoisotopic (exact) mass is 267 g/mol. The molecule has 2 unspecified atom stereocenters. The maximum Gasteiger partial charge on any atom is 0.244 e. The number of amides is 1. The fourth-order valence-electron chi connectivity index (χ4n) is 3.76. The molecule has 5 nitrogen and oxygen atoms in total. The van der Waals surface area contributed by atoms with Crippen LogP contribution in [0.5, 0.6) is 0 Å². The summed E-state index contributed by atoms with van der Waals surface area (Å²) in [7, 11) is 2.11. The third-order valence-corrected chi connectivity index (χ3v) is 4.82. The molecule has 0 bridgehead atoms. The average Bonchev–Trinajstić information content (AvgIpc) is 2.92. The molecule has 0 aromatic carbocycles. The van der Waals surface area contributed by atoms with Gasteiger partial charge in [-0.3, -0.25) is 10.1 Å². The largest absolute Gasteiger partial charge is 0.374 e. The summed E-state index contributed by atoms with van der Waals surface area (Å²) in [6, 6.07) is 0. The van der Waals surface area contributed by atoms with Crippen molar-refractivity contribution in [3.63, 3.8) is 0 Å². The molecule has 1 N–H and O–H groups in total. The van der Waals surface area contributed by atoms with Crippen LogP contribution in [-0.4, -0.2) is 66.8 Å². The minimum Gasteiger partial charge on any atom is -0.374 e. The molecule has 1 spiro atoms. The van der Waals surface area contributed by atoms with Crippen LogP contribution in [0.4, 0.5) is 0 Å². The first-order valence-electron chi connectivity index (χ1n) is 7.50. The zero-order valence-corrected chi connectivity index (χ0v) is 12.0. The third-order valence-electron chi connectivity index (χ3n) is 4.82. The van der Waals surface area contributed by atoms with Crippen molar-refractivity contribution in [2.24, 2.45) is 0 Å². The number of rotatable bonds is 2. The van der Waals surface area contributed by atoms with Crippen molar-refractivity contribution in [2.75, 3.05) is 33.3 Å². The molecule has 108 valence electrons. The summed E-state index contributed by atoms with van der Waals surface area (Å²) in [5.41, 5.74) is -0.250. The number of nitrogens with zero attached hydrogens (tertiary/aromatic N) is 2. The first-order valence-corrected chi connectivity index (χ1v) is 7.50. The lowest BCUT2D eigenvalue weighted by molar-refractivity contribution is -0.136. The van der Waals surface area contributed by atoms with Gasteiger partial charge in [-0.1, -0.05) is 12.8 Å². The van der Waals surface area contributed by atoms with E-state index in [1.807, 2.05) is 4.90 Å². The minimum absolute atomic E-state index is 0.140. The number of hydrogen-bond donors (Lipinski definition) is 1. The van der Waals surface area contributed by atoms with Crippen LogP contribution in [0.2, 0.25) is 0 Å². The maximum atomic E-state index is 12.7. The Balaban J connectivity index is 1.66. The predicted molar refractivity (Wildman–Crippen MR) is 72.7 cm³/mol. The van der Waals surface area contributed by atoms with E-state index >= 15 is 0 Å². The summed E-state index contributed by atoms with van der Waals surface area (Å²) >= 11 is 0. The average molecular weight is 267 g/mol. The van der Waals surface area contributed by atoms with Crippen molar-refractivity contribution < 1.29 is 9.53 Å². The van der Waals surface area contributed by atoms with E-state index in [0.717, 1.165) is 39.1 Å². The summed E-state index contributed by atoms with van der Waals surface area (Å²) in [4.78, 5) is 17.0. The number of hydrogen-bond acceptors (Lipinski definition) is 4. The number of carbonyl (C=O) groups is 1. The van der Waals surface area contributed by atoms with Crippen LogP contribution in [0, 0.1) is 0 Å². The van der Waals surface area contributed by atoms with E-state index in [1.54, 1.807) is 0 Å². The Morgan fingerprint density at radius 3 is 2.84 bits per heavy atom. The summed E-state index contributed by atoms with van der Waals surface area (Å²) in [6.07, 6.45) is 4.63. The van der Waals surface area contributed by atoms with Crippen molar-refractivity contribution in [1.82, 2.24) is 15.1 Å². The van der Waals surface area contributed by atoms with E-state index in [4.69, 9.17) is 4.74 Å². The van der Waals surface area contributed by atoms with Gasteiger partial charge in [-0.25, -0.2) is 0 Å². The van der Waals surface area contributed by atoms with Gasteiger partial charge in [0, 0.05) is 19.6 Å². The molecule has 2 atom stereocenters. The van der Waals surface area contributed by atoms with Crippen molar-refractivity contribution >= 4 is 5.91 Å². The van der Waals surface area contributed by atoms with Gasteiger partial charge in [0.2, 0.25) is 5.91 Å². The molecule has 19 heavy (non-hydrogen) atoms. The normalized spacial score (nSPS) is 35.5. The van der Waals surface area contributed by atoms with Crippen LogP contribution in [0.1, 0.15) is 32.6 Å². The molecule has 2 heterocycles. The molecule has 3 rings (SSSR count). The molecule has 0 aromatic rings. The Hall–Kier alpha value is -0.650. The van der Waals surface area contributed by atoms with Gasteiger partial charge in [-0.05, 0) is 26.8 Å². The van der Waals surface area contributed by atoms with Crippen LogP contribution in [0.15, 0.2) is 0 Å². The highest BCUT2D eigenvalue weighted by atomic mass is 16.5. The molecule has 1 saturated carbocycles. The summed E-state index contributed by atoms with van der Waals surface area (Å²) < 4.78 is 5.79. The highest BCUT2D eigenvalue weighted by Crippen LogP contribution is 2.36. The number of morpholine rings is 1. The van der Waals surface area contributed by atoms with Gasteiger partial charge in [-0.15, -0.1) is 0 Å². The molecule has 0 aromatic heterocycles. The van der Waals surface area contributed by atoms with Gasteiger partial charge in [0.05, 0.1) is 24.4 Å². The van der Waals surface area contributed by atoms with Crippen LogP contribution in [-0.2, 0) is 9.53 Å². The Labute approximate surface area is 115 Å². The lowest BCUT2D eigenvalue weighted by Gasteiger charge is -2.33. The predicted octanol–water partition coefficient (Wildman–Crippen LogP) is 0.408. The number of carbonyl (C=O) groups excluding carboxylic acids is 1. The lowest BCUT2D eigenvalue weighted by Crippen LogP contribution is -2.49. The fourth-order valence-corrected chi connectivity index (χ4v) is 3.76. The topological polar surface area (TPSA) is 44.8 Å². The molecule has 1 amide bonds. The first kappa shape index (κ1) is 13.3. The zero-order valence-electron chi connectivity index (χ0n) is 12.0. The highest BCUT2D eigenvalue weighted by molar-refractivity contribution is 5.89. The van der Waals surface area contributed by atoms with Crippen molar-refractivity contribution in [2.45, 2.75) is 50.4 Å². The van der Waals surface area contributed by atoms with Gasteiger partial charge < -0.3 is 14.5 Å². The quantitative estimate of drug-likeness (QED) is 0.787. The van der Waals surface area contributed by atoms with Gasteiger partial charge in [0.15, 0.2) is 0 Å². The molecular formula is C14H25N3O2. The van der Waals surface area contributed by atoms with E-state index in [0.29, 0.717) is 5.91 Å². The van der Waals surface area contributed by atoms with E-state index in [2.05, 4.69) is 24.2 Å². The van der Waals surface area contributed by atoms with Crippen molar-refractivity contribution in [1.29, 1.82) is 0 Å². The Kier molecular flexibility index (Phi) is 3.53. The van der Waals surface area contributed by atoms with Crippen LogP contribution in [0.25, 0.3) is 0 Å². The van der Waals surface area contributed by atoms with E-state index in [9.17, 15) is 4.79 Å². The second-order valence-electron chi connectivity index (χ2n) is 6.32. The number of nitrogens with one attached hydrogen (secondary N) is 1. The molecule has 2 aliphatic heterocycles. The second kappa shape index (κ2) is 5.04. The highest BCUT2D eigenvalue weighted by Gasteiger charge is 2.51. The summed E-state index contributed by atoms with van der Waals surface area (Å²) in [5.74, 6) is 0.300. The van der Waals surface area contributed by atoms with Crippen molar-refractivity contribution in [3.8, 4) is 0 Å². The Morgan fingerprint density at radius 2 is 2.16 bits per heavy atom. The maximum absolute atomic E-state index is 12.7. The molecule has 5 heteroatoms. The minimum atomic E-state index is -0.250. The summed E-state index contributed by atoms with van der Waals surface area (Å²) in [5, 5.41) is 3.54. The third kappa shape index (κ3) is 2.39. The van der Waals surface area contributed by atoms with E-state index in [-0.39, 0.29) is 17.8 Å². The molecule has 3 fully saturated rings. The molecular weight excluding hydrogens is 242 g/mol. The fraction of sp³-hybridized carbons (Fsp3) is 0.929. The molecule has 1 aliphatic carbocycles. The van der Waals surface area contributed by atoms with Crippen LogP contribution in [0.3, 0.4) is 0 Å². The van der Waals surface area contributed by atoms with Crippen LogP contribution >= 0.6 is 0 Å². The lowest BCUT2D eigenvalue weighted by atomic mass is 9.98. The Bertz CT molecular complexity index is 355. The van der Waals surface area contributed by atoms with Gasteiger partial charge in [-0.2, -0.15) is 0 Å². The van der Waals surface area contributed by atoms with E-state index in [1.165, 1.54) is 12.8 Å². The first-order chi connectivity index (χ1) is 9.11. The van der Waals surface area contributed by atoms with Gasteiger partial charge >= 0.3 is 0 Å².